The van der Waals surface area contributed by atoms with Gasteiger partial charge >= 0.3 is 0 Å². The Hall–Kier alpha value is -0.860. The SMILES string of the molecule is CC(C)c1ccc(C(O)CCN2CCCCCC2)cc1. The van der Waals surface area contributed by atoms with Gasteiger partial charge in [0.25, 0.3) is 0 Å². The first-order valence-corrected chi connectivity index (χ1v) is 8.17. The zero-order valence-corrected chi connectivity index (χ0v) is 13.0. The highest BCUT2D eigenvalue weighted by Gasteiger charge is 2.13. The van der Waals surface area contributed by atoms with E-state index in [1.807, 2.05) is 0 Å². The van der Waals surface area contributed by atoms with Crippen LogP contribution in [0.15, 0.2) is 24.3 Å². The first-order valence-electron chi connectivity index (χ1n) is 8.17. The molecule has 0 aromatic heterocycles. The lowest BCUT2D eigenvalue weighted by Gasteiger charge is -2.21. The number of rotatable bonds is 5. The van der Waals surface area contributed by atoms with Crippen molar-refractivity contribution in [3.63, 3.8) is 0 Å². The van der Waals surface area contributed by atoms with Gasteiger partial charge in [-0.05, 0) is 49.4 Å². The molecule has 0 spiro atoms. The van der Waals surface area contributed by atoms with Crippen molar-refractivity contribution in [1.82, 2.24) is 4.90 Å². The number of hydrogen-bond acceptors (Lipinski definition) is 2. The van der Waals surface area contributed by atoms with Gasteiger partial charge in [-0.3, -0.25) is 0 Å². The number of aliphatic hydroxyl groups is 1. The molecule has 0 bridgehead atoms. The fourth-order valence-electron chi connectivity index (χ4n) is 2.93. The van der Waals surface area contributed by atoms with Crippen LogP contribution < -0.4 is 0 Å². The Morgan fingerprint density at radius 2 is 1.50 bits per heavy atom. The van der Waals surface area contributed by atoms with E-state index in [1.54, 1.807) is 0 Å². The summed E-state index contributed by atoms with van der Waals surface area (Å²) < 4.78 is 0. The second-order valence-corrected chi connectivity index (χ2v) is 6.38. The Balaban J connectivity index is 1.82. The maximum absolute atomic E-state index is 10.3. The quantitative estimate of drug-likeness (QED) is 0.874. The van der Waals surface area contributed by atoms with Gasteiger partial charge in [0.1, 0.15) is 0 Å². The van der Waals surface area contributed by atoms with Crippen molar-refractivity contribution in [2.45, 2.75) is 58.0 Å². The first kappa shape index (κ1) is 15.5. The average Bonchev–Trinajstić information content (AvgIpc) is 2.73. The Morgan fingerprint density at radius 3 is 2.05 bits per heavy atom. The normalized spacial score (nSPS) is 19.0. The van der Waals surface area contributed by atoms with Gasteiger partial charge in [-0.25, -0.2) is 0 Å². The fourth-order valence-corrected chi connectivity index (χ4v) is 2.93. The summed E-state index contributed by atoms with van der Waals surface area (Å²) in [6.07, 6.45) is 5.91. The van der Waals surface area contributed by atoms with Gasteiger partial charge in [-0.2, -0.15) is 0 Å². The number of nitrogens with zero attached hydrogens (tertiary/aromatic N) is 1. The topological polar surface area (TPSA) is 23.5 Å². The summed E-state index contributed by atoms with van der Waals surface area (Å²) in [6.45, 7) is 7.83. The third-order valence-corrected chi connectivity index (χ3v) is 4.41. The molecule has 1 aliphatic rings. The molecule has 1 heterocycles. The fraction of sp³-hybridized carbons (Fsp3) is 0.667. The Bertz CT molecular complexity index is 377. The highest BCUT2D eigenvalue weighted by Crippen LogP contribution is 2.21. The summed E-state index contributed by atoms with van der Waals surface area (Å²) in [7, 11) is 0. The van der Waals surface area contributed by atoms with E-state index in [0.29, 0.717) is 5.92 Å². The Labute approximate surface area is 123 Å². The standard InChI is InChI=1S/C18H29NO/c1-15(2)16-7-9-17(10-8-16)18(20)11-14-19-12-5-3-4-6-13-19/h7-10,15,18,20H,3-6,11-14H2,1-2H3. The molecule has 1 aliphatic heterocycles. The molecule has 1 aromatic rings. The molecule has 2 rings (SSSR count). The molecule has 1 saturated heterocycles. The molecular formula is C18H29NO. The van der Waals surface area contributed by atoms with E-state index < -0.39 is 0 Å². The summed E-state index contributed by atoms with van der Waals surface area (Å²) in [5.74, 6) is 0.554. The Morgan fingerprint density at radius 1 is 0.950 bits per heavy atom. The largest absolute Gasteiger partial charge is 0.388 e. The van der Waals surface area contributed by atoms with E-state index in [0.717, 1.165) is 18.5 Å². The van der Waals surface area contributed by atoms with Crippen molar-refractivity contribution in [3.05, 3.63) is 35.4 Å². The van der Waals surface area contributed by atoms with E-state index in [4.69, 9.17) is 0 Å². The molecule has 112 valence electrons. The maximum atomic E-state index is 10.3. The van der Waals surface area contributed by atoms with Crippen LogP contribution in [0.5, 0.6) is 0 Å². The number of hydrogen-bond donors (Lipinski definition) is 1. The van der Waals surface area contributed by atoms with E-state index >= 15 is 0 Å². The van der Waals surface area contributed by atoms with E-state index in [2.05, 4.69) is 43.0 Å². The molecule has 2 heteroatoms. The summed E-state index contributed by atoms with van der Waals surface area (Å²) in [4.78, 5) is 2.51. The second-order valence-electron chi connectivity index (χ2n) is 6.38. The maximum Gasteiger partial charge on any atom is 0.0802 e. The highest BCUT2D eigenvalue weighted by molar-refractivity contribution is 5.26. The molecular weight excluding hydrogens is 246 g/mol. The lowest BCUT2D eigenvalue weighted by molar-refractivity contribution is 0.143. The molecule has 0 amide bonds. The van der Waals surface area contributed by atoms with Crippen LogP contribution in [0.2, 0.25) is 0 Å². The lowest BCUT2D eigenvalue weighted by atomic mass is 9.99. The summed E-state index contributed by atoms with van der Waals surface area (Å²) >= 11 is 0. The zero-order chi connectivity index (χ0) is 14.4. The van der Waals surface area contributed by atoms with Crippen molar-refractivity contribution in [3.8, 4) is 0 Å². The van der Waals surface area contributed by atoms with Gasteiger partial charge in [-0.15, -0.1) is 0 Å². The van der Waals surface area contributed by atoms with E-state index in [-0.39, 0.29) is 6.10 Å². The van der Waals surface area contributed by atoms with Crippen molar-refractivity contribution in [2.24, 2.45) is 0 Å². The van der Waals surface area contributed by atoms with Gasteiger partial charge < -0.3 is 10.0 Å². The summed E-state index contributed by atoms with van der Waals surface area (Å²) in [5.41, 5.74) is 2.40. The molecule has 0 saturated carbocycles. The molecule has 2 nitrogen and oxygen atoms in total. The average molecular weight is 275 g/mol. The lowest BCUT2D eigenvalue weighted by Crippen LogP contribution is -2.26. The van der Waals surface area contributed by atoms with Gasteiger partial charge in [0.2, 0.25) is 0 Å². The molecule has 0 radical (unpaired) electrons. The molecule has 1 atom stereocenters. The predicted octanol–water partition coefficient (Wildman–Crippen LogP) is 4.11. The van der Waals surface area contributed by atoms with Crippen LogP contribution in [0.25, 0.3) is 0 Å². The van der Waals surface area contributed by atoms with E-state index in [1.165, 1.54) is 44.3 Å². The minimum Gasteiger partial charge on any atom is -0.388 e. The molecule has 0 aliphatic carbocycles. The zero-order valence-electron chi connectivity index (χ0n) is 13.0. The third kappa shape index (κ3) is 4.60. The number of benzene rings is 1. The minimum absolute atomic E-state index is 0.320. The van der Waals surface area contributed by atoms with Crippen LogP contribution in [0.3, 0.4) is 0 Å². The van der Waals surface area contributed by atoms with Gasteiger partial charge in [-0.1, -0.05) is 51.0 Å². The third-order valence-electron chi connectivity index (χ3n) is 4.41. The van der Waals surface area contributed by atoms with Crippen LogP contribution in [0.1, 0.15) is 69.1 Å². The molecule has 1 N–H and O–H groups in total. The highest BCUT2D eigenvalue weighted by atomic mass is 16.3. The number of aliphatic hydroxyl groups excluding tert-OH is 1. The van der Waals surface area contributed by atoms with Crippen LogP contribution in [-0.2, 0) is 0 Å². The van der Waals surface area contributed by atoms with Gasteiger partial charge in [0, 0.05) is 6.54 Å². The summed E-state index contributed by atoms with van der Waals surface area (Å²) in [5, 5.41) is 10.3. The molecule has 1 fully saturated rings. The van der Waals surface area contributed by atoms with Crippen molar-refractivity contribution >= 4 is 0 Å². The second kappa shape index (κ2) is 7.80. The monoisotopic (exact) mass is 275 g/mol. The Kier molecular flexibility index (Phi) is 6.06. The molecule has 1 unspecified atom stereocenters. The van der Waals surface area contributed by atoms with Crippen LogP contribution >= 0.6 is 0 Å². The summed E-state index contributed by atoms with van der Waals surface area (Å²) in [6, 6.07) is 8.47. The van der Waals surface area contributed by atoms with Gasteiger partial charge in [0.05, 0.1) is 6.10 Å². The first-order chi connectivity index (χ1) is 9.66. The minimum atomic E-state index is -0.320. The predicted molar refractivity (Wildman–Crippen MR) is 85.0 cm³/mol. The van der Waals surface area contributed by atoms with Crippen molar-refractivity contribution in [2.75, 3.05) is 19.6 Å². The molecule has 1 aromatic carbocycles. The molecule has 20 heavy (non-hydrogen) atoms. The smallest absolute Gasteiger partial charge is 0.0802 e. The van der Waals surface area contributed by atoms with Crippen molar-refractivity contribution < 1.29 is 5.11 Å². The van der Waals surface area contributed by atoms with Crippen molar-refractivity contribution in [1.29, 1.82) is 0 Å². The van der Waals surface area contributed by atoms with Gasteiger partial charge in [0.15, 0.2) is 0 Å². The van der Waals surface area contributed by atoms with Crippen LogP contribution in [0.4, 0.5) is 0 Å². The van der Waals surface area contributed by atoms with E-state index in [9.17, 15) is 5.11 Å². The number of likely N-dealkylation sites (tertiary alicyclic amines) is 1. The van der Waals surface area contributed by atoms with Crippen LogP contribution in [0, 0.1) is 0 Å². The van der Waals surface area contributed by atoms with Crippen LogP contribution in [-0.4, -0.2) is 29.6 Å².